The first-order valence-corrected chi connectivity index (χ1v) is 15.2. The standard InChI is InChI=1S/C29H33N5O4S/c1-32-20-26(17-30-32)24-5-3-22(4-6-24)23-7-9-25(10-8-23)27-31-29(12-15-38-16-13-29)28(35)34(27)19-21-11-14-33(18-21)39(2,36)37/h3-10,17,20-21H,11-16,18-19H2,1-2H3/t21-/m1/s1. The highest BCUT2D eigenvalue weighted by molar-refractivity contribution is 7.88. The number of amidine groups is 1. The molecule has 0 N–H and O–H groups in total. The second-order valence-electron chi connectivity index (χ2n) is 10.8. The molecule has 9 nitrogen and oxygen atoms in total. The first-order chi connectivity index (χ1) is 18.7. The van der Waals surface area contributed by atoms with Crippen molar-refractivity contribution in [3.8, 4) is 22.3 Å². The van der Waals surface area contributed by atoms with Crippen LogP contribution in [0.25, 0.3) is 22.3 Å². The number of rotatable bonds is 6. The number of hydrogen-bond donors (Lipinski definition) is 0. The molecule has 3 aromatic rings. The Morgan fingerprint density at radius 3 is 2.08 bits per heavy atom. The molecule has 0 saturated carbocycles. The molecule has 1 aromatic heterocycles. The minimum absolute atomic E-state index is 0.00803. The lowest BCUT2D eigenvalue weighted by molar-refractivity contribution is -0.134. The van der Waals surface area contributed by atoms with Crippen LogP contribution in [0.2, 0.25) is 0 Å². The van der Waals surface area contributed by atoms with Crippen LogP contribution in [0.1, 0.15) is 24.8 Å². The summed E-state index contributed by atoms with van der Waals surface area (Å²) in [5, 5.41) is 4.25. The molecular formula is C29H33N5O4S. The number of aromatic nitrogens is 2. The van der Waals surface area contributed by atoms with E-state index in [1.165, 1.54) is 10.6 Å². The highest BCUT2D eigenvalue weighted by atomic mass is 32.2. The number of carbonyl (C=O) groups excluding carboxylic acids is 1. The summed E-state index contributed by atoms with van der Waals surface area (Å²) in [4.78, 5) is 20.6. The summed E-state index contributed by atoms with van der Waals surface area (Å²) < 4.78 is 33.0. The van der Waals surface area contributed by atoms with Crippen LogP contribution in [-0.2, 0) is 26.6 Å². The molecule has 6 rings (SSSR count). The average Bonchev–Trinajstić information content (AvgIpc) is 3.65. The summed E-state index contributed by atoms with van der Waals surface area (Å²) in [6.07, 6.45) is 6.95. The fourth-order valence-electron chi connectivity index (χ4n) is 5.83. The van der Waals surface area contributed by atoms with Crippen LogP contribution in [0.3, 0.4) is 0 Å². The number of carbonyl (C=O) groups is 1. The normalized spacial score (nSPS) is 21.6. The molecule has 204 valence electrons. The number of aliphatic imine (C=N–C) groups is 1. The summed E-state index contributed by atoms with van der Waals surface area (Å²) in [5.41, 5.74) is 4.47. The van der Waals surface area contributed by atoms with Gasteiger partial charge in [-0.05, 0) is 29.0 Å². The van der Waals surface area contributed by atoms with Gasteiger partial charge in [0.15, 0.2) is 0 Å². The Morgan fingerprint density at radius 2 is 1.54 bits per heavy atom. The molecule has 0 radical (unpaired) electrons. The Bertz CT molecular complexity index is 1510. The maximum Gasteiger partial charge on any atom is 0.256 e. The number of nitrogens with zero attached hydrogens (tertiary/aromatic N) is 5. The third-order valence-corrected chi connectivity index (χ3v) is 9.37. The second kappa shape index (κ2) is 10.0. The SMILES string of the molecule is Cn1cc(-c2ccc(-c3ccc(C4=NC5(CCOCC5)C(=O)N4C[C@@H]4CCN(S(C)(=O)=O)C4)cc3)cc2)cn1. The van der Waals surface area contributed by atoms with Crippen molar-refractivity contribution in [3.63, 3.8) is 0 Å². The van der Waals surface area contributed by atoms with Crippen LogP contribution in [0.5, 0.6) is 0 Å². The van der Waals surface area contributed by atoms with Crippen molar-refractivity contribution in [1.29, 1.82) is 0 Å². The van der Waals surface area contributed by atoms with Crippen molar-refractivity contribution in [3.05, 3.63) is 66.5 Å². The fourth-order valence-corrected chi connectivity index (χ4v) is 6.74. The molecule has 1 atom stereocenters. The van der Waals surface area contributed by atoms with E-state index in [0.717, 1.165) is 34.2 Å². The average molecular weight is 548 g/mol. The fraction of sp³-hybridized carbons (Fsp3) is 0.414. The van der Waals surface area contributed by atoms with Gasteiger partial charge in [0, 0.05) is 70.1 Å². The lowest BCUT2D eigenvalue weighted by Crippen LogP contribution is -2.47. The molecule has 2 fully saturated rings. The van der Waals surface area contributed by atoms with Crippen molar-refractivity contribution < 1.29 is 17.9 Å². The van der Waals surface area contributed by atoms with Gasteiger partial charge < -0.3 is 4.74 Å². The van der Waals surface area contributed by atoms with Gasteiger partial charge in [-0.2, -0.15) is 5.10 Å². The molecule has 0 aliphatic carbocycles. The van der Waals surface area contributed by atoms with E-state index in [1.807, 2.05) is 31.6 Å². The minimum Gasteiger partial charge on any atom is -0.381 e. The Balaban J connectivity index is 1.25. The molecule has 3 aliphatic heterocycles. The molecule has 1 amide bonds. The minimum atomic E-state index is -3.25. The number of hydrogen-bond acceptors (Lipinski definition) is 6. The Labute approximate surface area is 229 Å². The third-order valence-electron chi connectivity index (χ3n) is 8.10. The zero-order valence-corrected chi connectivity index (χ0v) is 23.1. The van der Waals surface area contributed by atoms with Gasteiger partial charge in [-0.1, -0.05) is 48.5 Å². The number of benzene rings is 2. The van der Waals surface area contributed by atoms with Gasteiger partial charge in [0.05, 0.1) is 12.5 Å². The Morgan fingerprint density at radius 1 is 0.949 bits per heavy atom. The van der Waals surface area contributed by atoms with Crippen LogP contribution in [0.4, 0.5) is 0 Å². The molecule has 3 aliphatic rings. The van der Waals surface area contributed by atoms with Crippen LogP contribution in [0, 0.1) is 5.92 Å². The monoisotopic (exact) mass is 547 g/mol. The van der Waals surface area contributed by atoms with E-state index in [9.17, 15) is 13.2 Å². The van der Waals surface area contributed by atoms with E-state index in [2.05, 4.69) is 41.5 Å². The summed E-state index contributed by atoms with van der Waals surface area (Å²) in [6, 6.07) is 16.6. The predicted octanol–water partition coefficient (Wildman–Crippen LogP) is 3.17. The topological polar surface area (TPSA) is 97.1 Å². The highest BCUT2D eigenvalue weighted by Crippen LogP contribution is 2.36. The van der Waals surface area contributed by atoms with E-state index in [1.54, 1.807) is 9.58 Å². The van der Waals surface area contributed by atoms with E-state index in [0.29, 0.717) is 51.5 Å². The summed E-state index contributed by atoms with van der Waals surface area (Å²) in [5.74, 6) is 0.758. The van der Waals surface area contributed by atoms with Gasteiger partial charge in [-0.3, -0.25) is 19.4 Å². The summed E-state index contributed by atoms with van der Waals surface area (Å²) in [7, 11) is -1.34. The van der Waals surface area contributed by atoms with Crippen LogP contribution >= 0.6 is 0 Å². The van der Waals surface area contributed by atoms with Gasteiger partial charge in [0.25, 0.3) is 5.91 Å². The highest BCUT2D eigenvalue weighted by Gasteiger charge is 2.50. The van der Waals surface area contributed by atoms with Crippen LogP contribution in [-0.4, -0.2) is 83.8 Å². The van der Waals surface area contributed by atoms with E-state index in [4.69, 9.17) is 9.73 Å². The molecule has 2 saturated heterocycles. The number of ether oxygens (including phenoxy) is 1. The smallest absolute Gasteiger partial charge is 0.256 e. The maximum absolute atomic E-state index is 13.8. The van der Waals surface area contributed by atoms with Crippen molar-refractivity contribution >= 4 is 21.8 Å². The second-order valence-corrected chi connectivity index (χ2v) is 12.8. The lowest BCUT2D eigenvalue weighted by Gasteiger charge is -2.30. The molecule has 0 bridgehead atoms. The zero-order chi connectivity index (χ0) is 27.2. The molecule has 39 heavy (non-hydrogen) atoms. The van der Waals surface area contributed by atoms with Crippen molar-refractivity contribution in [2.45, 2.75) is 24.8 Å². The van der Waals surface area contributed by atoms with Gasteiger partial charge in [0.2, 0.25) is 10.0 Å². The van der Waals surface area contributed by atoms with E-state index >= 15 is 0 Å². The van der Waals surface area contributed by atoms with Crippen LogP contribution in [0.15, 0.2) is 65.9 Å². The number of aryl methyl sites for hydroxylation is 1. The quantitative estimate of drug-likeness (QED) is 0.472. The van der Waals surface area contributed by atoms with Gasteiger partial charge in [-0.25, -0.2) is 12.7 Å². The third kappa shape index (κ3) is 5.04. The van der Waals surface area contributed by atoms with Gasteiger partial charge >= 0.3 is 0 Å². The Kier molecular flexibility index (Phi) is 6.65. The lowest BCUT2D eigenvalue weighted by atomic mass is 9.90. The van der Waals surface area contributed by atoms with Gasteiger partial charge in [-0.15, -0.1) is 0 Å². The number of amides is 1. The summed E-state index contributed by atoms with van der Waals surface area (Å²) in [6.45, 7) is 2.40. The van der Waals surface area contributed by atoms with Crippen LogP contribution < -0.4 is 0 Å². The molecule has 0 unspecified atom stereocenters. The molecular weight excluding hydrogens is 514 g/mol. The first kappa shape index (κ1) is 25.9. The predicted molar refractivity (Wildman–Crippen MR) is 150 cm³/mol. The molecule has 4 heterocycles. The molecule has 10 heteroatoms. The van der Waals surface area contributed by atoms with Crippen molar-refractivity contribution in [2.24, 2.45) is 18.0 Å². The Hall–Kier alpha value is -3.34. The first-order valence-electron chi connectivity index (χ1n) is 13.4. The van der Waals surface area contributed by atoms with Crippen molar-refractivity contribution in [1.82, 2.24) is 19.0 Å². The van der Waals surface area contributed by atoms with Gasteiger partial charge in [0.1, 0.15) is 11.4 Å². The van der Waals surface area contributed by atoms with Crippen molar-refractivity contribution in [2.75, 3.05) is 39.1 Å². The largest absolute Gasteiger partial charge is 0.381 e. The van der Waals surface area contributed by atoms with E-state index < -0.39 is 15.6 Å². The maximum atomic E-state index is 13.8. The molecule has 2 aromatic carbocycles. The number of sulfonamides is 1. The van der Waals surface area contributed by atoms with E-state index in [-0.39, 0.29) is 11.8 Å². The molecule has 1 spiro atoms. The summed E-state index contributed by atoms with van der Waals surface area (Å²) >= 11 is 0. The zero-order valence-electron chi connectivity index (χ0n) is 22.3.